The van der Waals surface area contributed by atoms with E-state index in [1.807, 2.05) is 23.3 Å². The number of allylic oxidation sites excluding steroid dienone is 1. The third-order valence-electron chi connectivity index (χ3n) is 4.69. The average Bonchev–Trinajstić information content (AvgIpc) is 2.88. The predicted molar refractivity (Wildman–Crippen MR) is 124 cm³/mol. The highest BCUT2D eigenvalue weighted by Gasteiger charge is 2.29. The minimum Gasteiger partial charge on any atom is -0.461 e. The maximum Gasteiger partial charge on any atom is 0.197 e. The number of thioether (sulfide) groups is 1. The number of nitrogens with zero attached hydrogens (tertiary/aromatic N) is 2. The molecule has 0 spiro atoms. The van der Waals surface area contributed by atoms with Crippen LogP contribution in [0.2, 0.25) is 0 Å². The fraction of sp³-hybridized carbons (Fsp3) is 0.429. The average molecular weight is 453 g/mol. The van der Waals surface area contributed by atoms with E-state index in [1.54, 1.807) is 31.3 Å². The van der Waals surface area contributed by atoms with Crippen molar-refractivity contribution in [2.45, 2.75) is 42.0 Å². The molecule has 164 valence electrons. The van der Waals surface area contributed by atoms with Gasteiger partial charge in [-0.3, -0.25) is 10.2 Å². The van der Waals surface area contributed by atoms with Gasteiger partial charge in [0.15, 0.2) is 12.1 Å². The van der Waals surface area contributed by atoms with Crippen molar-refractivity contribution in [3.63, 3.8) is 0 Å². The third-order valence-corrected chi connectivity index (χ3v) is 6.56. The van der Waals surface area contributed by atoms with Gasteiger partial charge in [0.1, 0.15) is 17.8 Å². The van der Waals surface area contributed by atoms with Crippen molar-refractivity contribution < 1.29 is 13.9 Å². The van der Waals surface area contributed by atoms with Crippen LogP contribution in [-0.2, 0) is 4.79 Å². The Hall–Kier alpha value is -1.97. The van der Waals surface area contributed by atoms with Crippen molar-refractivity contribution in [3.8, 4) is 5.75 Å². The minimum absolute atomic E-state index is 0.111. The van der Waals surface area contributed by atoms with Crippen LogP contribution < -0.4 is 15.0 Å². The molecule has 1 unspecified atom stereocenters. The van der Waals surface area contributed by atoms with Gasteiger partial charge in [0.05, 0.1) is 15.5 Å². The quantitative estimate of drug-likeness (QED) is 0.106. The highest BCUT2D eigenvalue weighted by Crippen LogP contribution is 2.43. The van der Waals surface area contributed by atoms with E-state index in [4.69, 9.17) is 10.1 Å². The molecular formula is C21H29FN4O2S2. The van der Waals surface area contributed by atoms with Crippen molar-refractivity contribution in [1.29, 1.82) is 5.41 Å². The molecule has 0 radical (unpaired) electrons. The van der Waals surface area contributed by atoms with E-state index in [0.717, 1.165) is 41.0 Å². The fourth-order valence-corrected chi connectivity index (χ4v) is 4.65. The number of unbranched alkanes of at least 4 members (excludes halogenated alkanes) is 1. The molecule has 0 bridgehead atoms. The molecule has 1 aromatic carbocycles. The highest BCUT2D eigenvalue weighted by molar-refractivity contribution is 7.98. The van der Waals surface area contributed by atoms with Gasteiger partial charge in [-0.05, 0) is 56.1 Å². The number of amidine groups is 1. The third kappa shape index (κ3) is 6.26. The number of carbonyl (C=O) groups is 1. The second-order valence-electron chi connectivity index (χ2n) is 6.76. The molecule has 0 saturated carbocycles. The van der Waals surface area contributed by atoms with Gasteiger partial charge in [-0.1, -0.05) is 19.8 Å². The van der Waals surface area contributed by atoms with Crippen LogP contribution >= 0.6 is 23.7 Å². The lowest BCUT2D eigenvalue weighted by molar-refractivity contribution is -0.106. The number of halogens is 1. The number of nitrogens with one attached hydrogen (secondary N) is 2. The van der Waals surface area contributed by atoms with Gasteiger partial charge in [0.25, 0.3) is 0 Å². The lowest BCUT2D eigenvalue weighted by Gasteiger charge is -2.29. The van der Waals surface area contributed by atoms with E-state index in [9.17, 15) is 9.18 Å². The number of carbonyl (C=O) groups excluding carboxylic acids is 1. The Kier molecular flexibility index (Phi) is 9.74. The number of likely N-dealkylation sites (N-methyl/N-ethyl adjacent to an activating group) is 1. The van der Waals surface area contributed by atoms with Crippen LogP contribution in [0.3, 0.4) is 0 Å². The first-order valence-electron chi connectivity index (χ1n) is 9.75. The first-order chi connectivity index (χ1) is 14.4. The monoisotopic (exact) mass is 452 g/mol. The van der Waals surface area contributed by atoms with Crippen molar-refractivity contribution in [1.82, 2.24) is 9.62 Å². The van der Waals surface area contributed by atoms with Crippen LogP contribution in [-0.4, -0.2) is 49.4 Å². The van der Waals surface area contributed by atoms with Crippen molar-refractivity contribution in [2.75, 3.05) is 31.8 Å². The van der Waals surface area contributed by atoms with Crippen molar-refractivity contribution >= 4 is 41.5 Å². The summed E-state index contributed by atoms with van der Waals surface area (Å²) >= 11 is 3.06. The Labute approximate surface area is 186 Å². The van der Waals surface area contributed by atoms with Crippen LogP contribution in [0.4, 0.5) is 10.1 Å². The Morgan fingerprint density at radius 3 is 2.90 bits per heavy atom. The summed E-state index contributed by atoms with van der Waals surface area (Å²) in [4.78, 5) is 14.3. The predicted octanol–water partition coefficient (Wildman–Crippen LogP) is 4.83. The molecule has 0 saturated heterocycles. The van der Waals surface area contributed by atoms with Crippen molar-refractivity contribution in [2.24, 2.45) is 0 Å². The Balaban J connectivity index is 2.51. The van der Waals surface area contributed by atoms with Gasteiger partial charge in [-0.15, -0.1) is 11.8 Å². The molecule has 0 amide bonds. The van der Waals surface area contributed by atoms with Gasteiger partial charge < -0.3 is 15.0 Å². The zero-order valence-electron chi connectivity index (χ0n) is 17.8. The van der Waals surface area contributed by atoms with Gasteiger partial charge in [0, 0.05) is 19.6 Å². The topological polar surface area (TPSA) is 68.7 Å². The molecule has 0 aromatic heterocycles. The number of ether oxygens (including phenoxy) is 1. The van der Waals surface area contributed by atoms with Gasteiger partial charge >= 0.3 is 0 Å². The molecule has 2 rings (SSSR count). The van der Waals surface area contributed by atoms with Crippen LogP contribution in [0.1, 0.15) is 26.2 Å². The molecule has 0 fully saturated rings. The van der Waals surface area contributed by atoms with Gasteiger partial charge in [-0.25, -0.2) is 4.31 Å². The van der Waals surface area contributed by atoms with Crippen LogP contribution in [0.5, 0.6) is 5.75 Å². The van der Waals surface area contributed by atoms with E-state index >= 15 is 0 Å². The van der Waals surface area contributed by atoms with Crippen LogP contribution in [0.15, 0.2) is 46.3 Å². The van der Waals surface area contributed by atoms with E-state index in [2.05, 4.69) is 23.6 Å². The molecule has 9 heteroatoms. The summed E-state index contributed by atoms with van der Waals surface area (Å²) < 4.78 is 20.9. The molecule has 1 atom stereocenters. The van der Waals surface area contributed by atoms with Crippen molar-refractivity contribution in [3.05, 3.63) is 36.5 Å². The Bertz CT molecular complexity index is 816. The van der Waals surface area contributed by atoms with Crippen LogP contribution in [0, 0.1) is 5.41 Å². The molecule has 1 aromatic rings. The number of rotatable bonds is 9. The second-order valence-corrected chi connectivity index (χ2v) is 8.81. The summed E-state index contributed by atoms with van der Waals surface area (Å²) in [6.45, 7) is 2.87. The number of anilines is 1. The molecule has 6 nitrogen and oxygen atoms in total. The molecule has 2 N–H and O–H groups in total. The minimum atomic E-state index is -0.970. The number of fused-ring (bicyclic) bond motifs is 1. The largest absolute Gasteiger partial charge is 0.461 e. The second kappa shape index (κ2) is 12.0. The van der Waals surface area contributed by atoms with Crippen LogP contribution in [0.25, 0.3) is 0 Å². The normalized spacial score (nSPS) is 17.6. The van der Waals surface area contributed by atoms with E-state index in [0.29, 0.717) is 18.1 Å². The molecular weight excluding hydrogens is 423 g/mol. The summed E-state index contributed by atoms with van der Waals surface area (Å²) in [5, 5.41) is 11.6. The smallest absolute Gasteiger partial charge is 0.197 e. The first kappa shape index (κ1) is 24.3. The maximum atomic E-state index is 13.3. The zero-order valence-corrected chi connectivity index (χ0v) is 19.4. The highest BCUT2D eigenvalue weighted by atomic mass is 32.2. The summed E-state index contributed by atoms with van der Waals surface area (Å²) in [7, 11) is 3.86. The zero-order chi connectivity index (χ0) is 22.1. The molecule has 1 aliphatic rings. The van der Waals surface area contributed by atoms with E-state index in [-0.39, 0.29) is 12.3 Å². The molecule has 30 heavy (non-hydrogen) atoms. The standard InChI is InChI=1S/C21H29FN4O2S2/c1-5-6-7-16-12-26(21(23)8-9-24-2)17-10-20(29-4)18(28-14-15(22)13-27)11-19(17)30-25(16)3/h8-11,13-14,16,23-24H,5-7,12H2,1-4H3/b9-8-,15-14-,23-21?. The van der Waals surface area contributed by atoms with Gasteiger partial charge in [-0.2, -0.15) is 4.39 Å². The first-order valence-corrected chi connectivity index (χ1v) is 11.7. The lowest BCUT2D eigenvalue weighted by Crippen LogP contribution is -2.40. The molecule has 0 aliphatic carbocycles. The summed E-state index contributed by atoms with van der Waals surface area (Å²) in [5.74, 6) is -0.110. The lowest BCUT2D eigenvalue weighted by atomic mass is 10.1. The Morgan fingerprint density at radius 2 is 2.27 bits per heavy atom. The number of aldehydes is 1. The Morgan fingerprint density at radius 1 is 1.50 bits per heavy atom. The summed E-state index contributed by atoms with van der Waals surface area (Å²) in [6.07, 6.45) is 9.57. The maximum absolute atomic E-state index is 13.3. The van der Waals surface area contributed by atoms with E-state index in [1.165, 1.54) is 11.8 Å². The molecule has 1 aliphatic heterocycles. The summed E-state index contributed by atoms with van der Waals surface area (Å²) in [5.41, 5.74) is 0.910. The van der Waals surface area contributed by atoms with Gasteiger partial charge in [0.2, 0.25) is 0 Å². The number of hydrogen-bond donors (Lipinski definition) is 2. The molecule has 1 heterocycles. The SMILES string of the molecule is CCCCC1CN(C(=N)/C=C\NC)c2cc(SC)c(O/C=C(\F)C=O)cc2SN1C. The number of hydrogen-bond acceptors (Lipinski definition) is 7. The number of benzene rings is 1. The summed E-state index contributed by atoms with van der Waals surface area (Å²) in [6, 6.07) is 4.08. The van der Waals surface area contributed by atoms with E-state index < -0.39 is 5.83 Å². The fourth-order valence-electron chi connectivity index (χ4n) is 3.06.